The van der Waals surface area contributed by atoms with Crippen LogP contribution in [0.25, 0.3) is 10.4 Å². The molecule has 0 heterocycles. The van der Waals surface area contributed by atoms with Crippen molar-refractivity contribution in [2.24, 2.45) is 5.11 Å². The first-order valence-electron chi connectivity index (χ1n) is 16.9. The highest BCUT2D eigenvalue weighted by Gasteiger charge is 2.15. The molecule has 0 radical (unpaired) electrons. The number of carbonyl (C=O) groups is 1. The molecule has 49 heavy (non-hydrogen) atoms. The second-order valence-electron chi connectivity index (χ2n) is 10.7. The van der Waals surface area contributed by atoms with Gasteiger partial charge in [-0.3, -0.25) is 0 Å². The lowest BCUT2D eigenvalue weighted by atomic mass is 10.2. The van der Waals surface area contributed by atoms with Crippen LogP contribution in [0.3, 0.4) is 0 Å². The van der Waals surface area contributed by atoms with Crippen molar-refractivity contribution < 1.29 is 66.4 Å². The van der Waals surface area contributed by atoms with Gasteiger partial charge in [-0.25, -0.2) is 4.79 Å². The van der Waals surface area contributed by atoms with Crippen molar-refractivity contribution in [2.75, 3.05) is 172 Å². The third-order valence-electron chi connectivity index (χ3n) is 5.41. The van der Waals surface area contributed by atoms with Gasteiger partial charge in [0.2, 0.25) is 0 Å². The normalized spacial score (nSPS) is 11.5. The van der Waals surface area contributed by atoms with Crippen molar-refractivity contribution in [1.29, 1.82) is 0 Å². The number of nitrogens with zero attached hydrogens (tertiary/aromatic N) is 3. The Morgan fingerprint density at radius 1 is 0.469 bits per heavy atom. The van der Waals surface area contributed by atoms with Gasteiger partial charge in [0.15, 0.2) is 0 Å². The highest BCUT2D eigenvalue weighted by Crippen LogP contribution is 2.06. The third-order valence-corrected chi connectivity index (χ3v) is 5.41. The van der Waals surface area contributed by atoms with Crippen LogP contribution in [0.2, 0.25) is 0 Å². The summed E-state index contributed by atoms with van der Waals surface area (Å²) in [6.07, 6.45) is -0.456. The van der Waals surface area contributed by atoms with Gasteiger partial charge >= 0.3 is 6.09 Å². The molecule has 0 atom stereocenters. The average Bonchev–Trinajstić information content (AvgIpc) is 3.06. The molecule has 0 unspecified atom stereocenters. The first kappa shape index (κ1) is 47.1. The van der Waals surface area contributed by atoms with Crippen LogP contribution in [-0.4, -0.2) is 183 Å². The number of hydrogen-bond acceptors (Lipinski definition) is 15. The van der Waals surface area contributed by atoms with Gasteiger partial charge in [-0.15, -0.1) is 0 Å². The fraction of sp³-hybridized carbons (Fsp3) is 0.968. The average molecular weight is 715 g/mol. The summed E-state index contributed by atoms with van der Waals surface area (Å²) in [6, 6.07) is 0. The van der Waals surface area contributed by atoms with E-state index in [9.17, 15) is 4.79 Å². The van der Waals surface area contributed by atoms with E-state index >= 15 is 0 Å². The van der Waals surface area contributed by atoms with Gasteiger partial charge in [0.1, 0.15) is 5.60 Å². The lowest BCUT2D eigenvalue weighted by Crippen LogP contribution is -2.34. The summed E-state index contributed by atoms with van der Waals surface area (Å²) in [5, 5.41) is 6.00. The molecule has 18 nitrogen and oxygen atoms in total. The van der Waals surface area contributed by atoms with Crippen LogP contribution < -0.4 is 5.32 Å². The van der Waals surface area contributed by atoms with E-state index in [4.69, 9.17) is 67.1 Å². The summed E-state index contributed by atoms with van der Waals surface area (Å²) < 4.78 is 70.2. The molecule has 0 bridgehead atoms. The van der Waals surface area contributed by atoms with Gasteiger partial charge in [-0.1, -0.05) is 5.11 Å². The van der Waals surface area contributed by atoms with Gasteiger partial charge in [0, 0.05) is 18.0 Å². The smallest absolute Gasteiger partial charge is 0.407 e. The van der Waals surface area contributed by atoms with Crippen LogP contribution in [0, 0.1) is 0 Å². The zero-order valence-electron chi connectivity index (χ0n) is 29.9. The second kappa shape index (κ2) is 38.9. The minimum absolute atomic E-state index is 0.323. The largest absolute Gasteiger partial charge is 0.444 e. The zero-order chi connectivity index (χ0) is 35.8. The summed E-state index contributed by atoms with van der Waals surface area (Å²) in [5.74, 6) is 0. The van der Waals surface area contributed by atoms with E-state index in [0.717, 1.165) is 0 Å². The van der Waals surface area contributed by atoms with Gasteiger partial charge in [-0.2, -0.15) is 0 Å². The number of carbonyl (C=O) groups excluding carboxylic acids is 1. The molecule has 0 aliphatic rings. The number of rotatable bonds is 39. The van der Waals surface area contributed by atoms with Gasteiger partial charge in [0.25, 0.3) is 0 Å². The molecule has 18 heteroatoms. The third kappa shape index (κ3) is 44.1. The van der Waals surface area contributed by atoms with Crippen LogP contribution in [0.15, 0.2) is 5.11 Å². The minimum atomic E-state index is -0.515. The van der Waals surface area contributed by atoms with Gasteiger partial charge in [-0.05, 0) is 26.3 Å². The summed E-state index contributed by atoms with van der Waals surface area (Å²) in [4.78, 5) is 14.1. The first-order valence-corrected chi connectivity index (χ1v) is 16.9. The first-order chi connectivity index (χ1) is 24.0. The summed E-state index contributed by atoms with van der Waals surface area (Å²) in [6.45, 7) is 17.4. The maximum absolute atomic E-state index is 11.5. The highest BCUT2D eigenvalue weighted by molar-refractivity contribution is 5.67. The Labute approximate surface area is 291 Å². The molecule has 1 N–H and O–H groups in total. The minimum Gasteiger partial charge on any atom is -0.444 e. The molecule has 0 fully saturated rings. The second-order valence-corrected chi connectivity index (χ2v) is 10.7. The summed E-state index contributed by atoms with van der Waals surface area (Å²) >= 11 is 0. The van der Waals surface area contributed by atoms with Crippen LogP contribution in [-0.2, 0) is 61.6 Å². The van der Waals surface area contributed by atoms with Crippen molar-refractivity contribution >= 4 is 6.09 Å². The topological polar surface area (TPSA) is 198 Å². The molecule has 0 spiro atoms. The van der Waals surface area contributed by atoms with E-state index in [1.165, 1.54) is 0 Å². The van der Waals surface area contributed by atoms with Crippen LogP contribution in [0.4, 0.5) is 4.79 Å². The Bertz CT molecular complexity index is 746. The van der Waals surface area contributed by atoms with E-state index < -0.39 is 11.7 Å². The molecule has 0 saturated heterocycles. The van der Waals surface area contributed by atoms with Gasteiger partial charge in [0.05, 0.1) is 159 Å². The zero-order valence-corrected chi connectivity index (χ0v) is 29.9. The molecule has 0 rings (SSSR count). The molecule has 0 aliphatic carbocycles. The van der Waals surface area contributed by atoms with Crippen molar-refractivity contribution in [3.05, 3.63) is 10.4 Å². The van der Waals surface area contributed by atoms with Crippen molar-refractivity contribution in [3.63, 3.8) is 0 Å². The number of alkyl carbamates (subject to hydrolysis) is 1. The Balaban J connectivity index is 3.10. The van der Waals surface area contributed by atoms with Gasteiger partial charge < -0.3 is 66.9 Å². The predicted molar refractivity (Wildman–Crippen MR) is 178 cm³/mol. The number of nitrogens with one attached hydrogen (secondary N) is 1. The number of hydrogen-bond donors (Lipinski definition) is 1. The van der Waals surface area contributed by atoms with E-state index in [1.807, 2.05) is 20.8 Å². The number of amides is 1. The molecule has 0 aromatic carbocycles. The maximum atomic E-state index is 11.5. The van der Waals surface area contributed by atoms with Crippen LogP contribution in [0.5, 0.6) is 0 Å². The molecule has 0 saturated carbocycles. The predicted octanol–water partition coefficient (Wildman–Crippen LogP) is 2.02. The van der Waals surface area contributed by atoms with E-state index in [-0.39, 0.29) is 0 Å². The molecule has 290 valence electrons. The highest BCUT2D eigenvalue weighted by atomic mass is 16.6. The Hall–Kier alpha value is -1.90. The molecule has 0 aromatic rings. The van der Waals surface area contributed by atoms with E-state index in [0.29, 0.717) is 172 Å². The number of ether oxygens (including phenoxy) is 13. The van der Waals surface area contributed by atoms with Crippen LogP contribution in [0.1, 0.15) is 20.8 Å². The molecule has 0 aliphatic heterocycles. The Morgan fingerprint density at radius 2 is 0.714 bits per heavy atom. The molecular formula is C31H62N4O14. The quantitative estimate of drug-likeness (QED) is 0.0420. The standard InChI is InChI=1S/C31H62N4O14/c1-31(2,3)49-30(36)33-4-6-37-8-10-39-12-14-41-16-18-43-20-22-45-24-26-47-28-29-48-27-25-46-23-21-44-19-17-42-15-13-40-11-9-38-7-5-34-35-32/h4-29H2,1-3H3,(H,33,36). The van der Waals surface area contributed by atoms with E-state index in [2.05, 4.69) is 15.3 Å². The lowest BCUT2D eigenvalue weighted by molar-refractivity contribution is -0.0282. The fourth-order valence-electron chi connectivity index (χ4n) is 3.21. The van der Waals surface area contributed by atoms with Crippen molar-refractivity contribution in [3.8, 4) is 0 Å². The van der Waals surface area contributed by atoms with Crippen LogP contribution >= 0.6 is 0 Å². The van der Waals surface area contributed by atoms with E-state index in [1.54, 1.807) is 0 Å². The fourth-order valence-corrected chi connectivity index (χ4v) is 3.21. The molecule has 0 aromatic heterocycles. The number of azide groups is 1. The maximum Gasteiger partial charge on any atom is 0.407 e. The van der Waals surface area contributed by atoms with Crippen molar-refractivity contribution in [2.45, 2.75) is 26.4 Å². The Morgan fingerprint density at radius 3 is 0.959 bits per heavy atom. The summed E-state index contributed by atoms with van der Waals surface area (Å²) in [5.41, 5.74) is 7.62. The lowest BCUT2D eigenvalue weighted by Gasteiger charge is -2.19. The molecule has 1 amide bonds. The molecular weight excluding hydrogens is 652 g/mol. The summed E-state index contributed by atoms with van der Waals surface area (Å²) in [7, 11) is 0. The SMILES string of the molecule is CC(C)(C)OC(=O)NCCOCCOCCOCCOCCOCCOCCOCCOCCOCCOCCOCCOCCN=[N+]=[N-]. The monoisotopic (exact) mass is 714 g/mol. The Kier molecular flexibility index (Phi) is 37.4. The van der Waals surface area contributed by atoms with Crippen molar-refractivity contribution in [1.82, 2.24) is 5.32 Å².